The Hall–Kier alpha value is -3.08. The van der Waals surface area contributed by atoms with Gasteiger partial charge in [-0.3, -0.25) is 4.79 Å². The molecule has 0 aliphatic carbocycles. The summed E-state index contributed by atoms with van der Waals surface area (Å²) in [5.41, 5.74) is 3.44. The number of hydrogen-bond acceptors (Lipinski definition) is 3. The molecule has 1 amide bonds. The highest BCUT2D eigenvalue weighted by Crippen LogP contribution is 2.28. The van der Waals surface area contributed by atoms with E-state index in [-0.39, 0.29) is 17.0 Å². The van der Waals surface area contributed by atoms with Crippen LogP contribution in [0.4, 0.5) is 5.69 Å². The van der Waals surface area contributed by atoms with Crippen molar-refractivity contribution < 1.29 is 19.1 Å². The van der Waals surface area contributed by atoms with Crippen LogP contribution < -0.4 is 5.32 Å². The first-order chi connectivity index (χ1) is 11.4. The Morgan fingerprint density at radius 1 is 1.08 bits per heavy atom. The van der Waals surface area contributed by atoms with Crippen molar-refractivity contribution in [2.45, 2.75) is 20.8 Å². The van der Waals surface area contributed by atoms with Crippen LogP contribution in [0.5, 0.6) is 0 Å². The number of nitrogens with one attached hydrogen (secondary N) is 1. The van der Waals surface area contributed by atoms with Gasteiger partial charge in [-0.1, -0.05) is 23.8 Å². The molecule has 0 unspecified atom stereocenters. The SMILES string of the molecule is Cc1ccc2oc(C(=O)Nc3c(C)cccc3C(=O)O)c(C)c2c1. The number of carboxylic acids is 1. The van der Waals surface area contributed by atoms with E-state index >= 15 is 0 Å². The second-order valence-corrected chi connectivity index (χ2v) is 5.81. The summed E-state index contributed by atoms with van der Waals surface area (Å²) in [6, 6.07) is 10.5. The number of carboxylic acid groups (broad SMARTS) is 1. The normalized spacial score (nSPS) is 10.8. The fourth-order valence-corrected chi connectivity index (χ4v) is 2.73. The molecule has 3 aromatic rings. The number of aryl methyl sites for hydroxylation is 3. The molecule has 5 heteroatoms. The lowest BCUT2D eigenvalue weighted by Gasteiger charge is -2.10. The lowest BCUT2D eigenvalue weighted by atomic mass is 10.1. The zero-order chi connectivity index (χ0) is 17.4. The third-order valence-corrected chi connectivity index (χ3v) is 4.04. The first kappa shape index (κ1) is 15.8. The fraction of sp³-hybridized carbons (Fsp3) is 0.158. The van der Waals surface area contributed by atoms with Crippen molar-refractivity contribution in [1.29, 1.82) is 0 Å². The Bertz CT molecular complexity index is 969. The second kappa shape index (κ2) is 5.85. The van der Waals surface area contributed by atoms with Crippen molar-refractivity contribution in [1.82, 2.24) is 0 Å². The largest absolute Gasteiger partial charge is 0.478 e. The lowest BCUT2D eigenvalue weighted by Crippen LogP contribution is -2.16. The van der Waals surface area contributed by atoms with Crippen molar-refractivity contribution in [3.63, 3.8) is 0 Å². The molecule has 0 atom stereocenters. The van der Waals surface area contributed by atoms with Crippen molar-refractivity contribution in [3.05, 3.63) is 64.4 Å². The number of aromatic carboxylic acids is 1. The molecule has 0 bridgehead atoms. The summed E-state index contributed by atoms with van der Waals surface area (Å²) in [6.07, 6.45) is 0. The molecule has 0 aliphatic rings. The van der Waals surface area contributed by atoms with Crippen LogP contribution in [0.1, 0.15) is 37.6 Å². The summed E-state index contributed by atoms with van der Waals surface area (Å²) >= 11 is 0. The van der Waals surface area contributed by atoms with Crippen LogP contribution in [0.2, 0.25) is 0 Å². The molecule has 0 radical (unpaired) electrons. The summed E-state index contributed by atoms with van der Waals surface area (Å²) < 4.78 is 5.67. The summed E-state index contributed by atoms with van der Waals surface area (Å²) in [5.74, 6) is -1.36. The van der Waals surface area contributed by atoms with Gasteiger partial charge in [-0.05, 0) is 44.5 Å². The smallest absolute Gasteiger partial charge is 0.337 e. The van der Waals surface area contributed by atoms with Crippen molar-refractivity contribution in [2.75, 3.05) is 5.32 Å². The van der Waals surface area contributed by atoms with Crippen LogP contribution in [0.3, 0.4) is 0 Å². The molecule has 3 rings (SSSR count). The van der Waals surface area contributed by atoms with Gasteiger partial charge in [0.25, 0.3) is 5.91 Å². The van der Waals surface area contributed by atoms with E-state index in [1.54, 1.807) is 19.1 Å². The van der Waals surface area contributed by atoms with Crippen LogP contribution in [0.25, 0.3) is 11.0 Å². The minimum atomic E-state index is -1.09. The molecule has 0 saturated carbocycles. The van der Waals surface area contributed by atoms with Gasteiger partial charge in [-0.25, -0.2) is 4.79 Å². The number of fused-ring (bicyclic) bond motifs is 1. The third kappa shape index (κ3) is 2.65. The van der Waals surface area contributed by atoms with Crippen molar-refractivity contribution >= 4 is 28.5 Å². The monoisotopic (exact) mass is 323 g/mol. The van der Waals surface area contributed by atoms with E-state index in [2.05, 4.69) is 5.32 Å². The molecule has 122 valence electrons. The topological polar surface area (TPSA) is 79.5 Å². The molecule has 2 N–H and O–H groups in total. The fourth-order valence-electron chi connectivity index (χ4n) is 2.73. The molecule has 2 aromatic carbocycles. The maximum absolute atomic E-state index is 12.6. The maximum Gasteiger partial charge on any atom is 0.337 e. The lowest BCUT2D eigenvalue weighted by molar-refractivity contribution is 0.0698. The number of rotatable bonds is 3. The number of para-hydroxylation sites is 1. The van der Waals surface area contributed by atoms with E-state index < -0.39 is 11.9 Å². The molecule has 1 heterocycles. The Balaban J connectivity index is 2.03. The molecular formula is C19H17NO4. The number of furan rings is 1. The van der Waals surface area contributed by atoms with E-state index in [1.165, 1.54) is 6.07 Å². The van der Waals surface area contributed by atoms with E-state index in [0.29, 0.717) is 11.1 Å². The Kier molecular flexibility index (Phi) is 3.85. The van der Waals surface area contributed by atoms with Gasteiger partial charge < -0.3 is 14.8 Å². The number of carbonyl (C=O) groups is 2. The Morgan fingerprint density at radius 3 is 2.54 bits per heavy atom. The number of benzene rings is 2. The summed E-state index contributed by atoms with van der Waals surface area (Å²) in [4.78, 5) is 24.0. The van der Waals surface area contributed by atoms with Gasteiger partial charge in [0, 0.05) is 10.9 Å². The minimum Gasteiger partial charge on any atom is -0.478 e. The predicted octanol–water partition coefficient (Wildman–Crippen LogP) is 4.31. The maximum atomic E-state index is 12.6. The van der Waals surface area contributed by atoms with E-state index in [1.807, 2.05) is 32.0 Å². The van der Waals surface area contributed by atoms with Crippen LogP contribution in [0, 0.1) is 20.8 Å². The van der Waals surface area contributed by atoms with Gasteiger partial charge in [0.15, 0.2) is 5.76 Å². The molecule has 24 heavy (non-hydrogen) atoms. The zero-order valence-electron chi connectivity index (χ0n) is 13.6. The van der Waals surface area contributed by atoms with E-state index in [0.717, 1.165) is 16.5 Å². The molecule has 0 aliphatic heterocycles. The summed E-state index contributed by atoms with van der Waals surface area (Å²) in [5, 5.41) is 12.9. The Labute approximate surface area is 138 Å². The van der Waals surface area contributed by atoms with E-state index in [9.17, 15) is 14.7 Å². The molecule has 1 aromatic heterocycles. The van der Waals surface area contributed by atoms with Crippen LogP contribution in [-0.4, -0.2) is 17.0 Å². The number of anilines is 1. The second-order valence-electron chi connectivity index (χ2n) is 5.81. The molecule has 0 fully saturated rings. The zero-order valence-corrected chi connectivity index (χ0v) is 13.6. The van der Waals surface area contributed by atoms with Gasteiger partial charge in [0.2, 0.25) is 0 Å². The first-order valence-electron chi connectivity index (χ1n) is 7.52. The van der Waals surface area contributed by atoms with Crippen molar-refractivity contribution in [3.8, 4) is 0 Å². The number of hydrogen-bond donors (Lipinski definition) is 2. The van der Waals surface area contributed by atoms with Gasteiger partial charge in [0.1, 0.15) is 5.58 Å². The van der Waals surface area contributed by atoms with Crippen molar-refractivity contribution in [2.24, 2.45) is 0 Å². The van der Waals surface area contributed by atoms with Gasteiger partial charge in [0.05, 0.1) is 11.3 Å². The standard InChI is InChI=1S/C19H17NO4/c1-10-7-8-15-14(9-10)12(3)17(24-15)18(21)20-16-11(2)5-4-6-13(16)19(22)23/h4-9H,1-3H3,(H,20,21)(H,22,23). The Morgan fingerprint density at radius 2 is 1.83 bits per heavy atom. The highest BCUT2D eigenvalue weighted by Gasteiger charge is 2.21. The summed E-state index contributed by atoms with van der Waals surface area (Å²) in [7, 11) is 0. The average Bonchev–Trinajstić information content (AvgIpc) is 2.86. The highest BCUT2D eigenvalue weighted by atomic mass is 16.4. The number of carbonyl (C=O) groups excluding carboxylic acids is 1. The third-order valence-electron chi connectivity index (χ3n) is 4.04. The molecular weight excluding hydrogens is 306 g/mol. The average molecular weight is 323 g/mol. The predicted molar refractivity (Wildman–Crippen MR) is 91.8 cm³/mol. The van der Waals surface area contributed by atoms with E-state index in [4.69, 9.17) is 4.42 Å². The van der Waals surface area contributed by atoms with Crippen LogP contribution in [0.15, 0.2) is 40.8 Å². The van der Waals surface area contributed by atoms with Crippen LogP contribution in [-0.2, 0) is 0 Å². The minimum absolute atomic E-state index is 0.0490. The summed E-state index contributed by atoms with van der Waals surface area (Å²) in [6.45, 7) is 5.53. The number of amides is 1. The molecule has 0 saturated heterocycles. The van der Waals surface area contributed by atoms with Gasteiger partial charge >= 0.3 is 5.97 Å². The van der Waals surface area contributed by atoms with Gasteiger partial charge in [-0.2, -0.15) is 0 Å². The molecule has 5 nitrogen and oxygen atoms in total. The quantitative estimate of drug-likeness (QED) is 0.753. The first-order valence-corrected chi connectivity index (χ1v) is 7.52. The molecule has 0 spiro atoms. The van der Waals surface area contributed by atoms with Gasteiger partial charge in [-0.15, -0.1) is 0 Å². The van der Waals surface area contributed by atoms with Crippen LogP contribution >= 0.6 is 0 Å². The highest BCUT2D eigenvalue weighted by molar-refractivity contribution is 6.09.